The molecular weight excluding hydrogens is 210 g/mol. The predicted molar refractivity (Wildman–Crippen MR) is 57.8 cm³/mol. The second-order valence-electron chi connectivity index (χ2n) is 4.43. The molecule has 1 saturated carbocycles. The van der Waals surface area contributed by atoms with Crippen LogP contribution in [0.25, 0.3) is 0 Å². The van der Waals surface area contributed by atoms with Gasteiger partial charge in [0.1, 0.15) is 0 Å². The SMILES string of the molecule is C[C@H](O)CNC(=O)[C@@H]1CCCC[C@@H]1C(=O)O. The van der Waals surface area contributed by atoms with Crippen LogP contribution in [0.1, 0.15) is 32.6 Å². The highest BCUT2D eigenvalue weighted by molar-refractivity contribution is 5.84. The Balaban J connectivity index is 2.54. The highest BCUT2D eigenvalue weighted by atomic mass is 16.4. The van der Waals surface area contributed by atoms with Crippen LogP contribution in [-0.2, 0) is 9.59 Å². The summed E-state index contributed by atoms with van der Waals surface area (Å²) in [5, 5.41) is 20.6. The first-order valence-electron chi connectivity index (χ1n) is 5.71. The van der Waals surface area contributed by atoms with Crippen LogP contribution in [0, 0.1) is 11.8 Å². The minimum atomic E-state index is -0.892. The van der Waals surface area contributed by atoms with Gasteiger partial charge in [-0.25, -0.2) is 0 Å². The van der Waals surface area contributed by atoms with Crippen LogP contribution in [0.3, 0.4) is 0 Å². The zero-order valence-electron chi connectivity index (χ0n) is 9.48. The number of aliphatic carboxylic acids is 1. The molecule has 1 amide bonds. The Labute approximate surface area is 94.8 Å². The van der Waals surface area contributed by atoms with Crippen molar-refractivity contribution in [1.29, 1.82) is 0 Å². The minimum Gasteiger partial charge on any atom is -0.481 e. The first-order chi connectivity index (χ1) is 7.52. The van der Waals surface area contributed by atoms with E-state index >= 15 is 0 Å². The molecule has 3 N–H and O–H groups in total. The van der Waals surface area contributed by atoms with E-state index < -0.39 is 23.9 Å². The summed E-state index contributed by atoms with van der Waals surface area (Å²) in [4.78, 5) is 22.7. The van der Waals surface area contributed by atoms with Gasteiger partial charge >= 0.3 is 5.97 Å². The molecule has 0 saturated heterocycles. The highest BCUT2D eigenvalue weighted by Crippen LogP contribution is 2.30. The first kappa shape index (κ1) is 13.0. The number of carbonyl (C=O) groups is 2. The van der Waals surface area contributed by atoms with E-state index in [2.05, 4.69) is 5.32 Å². The van der Waals surface area contributed by atoms with Crippen LogP contribution >= 0.6 is 0 Å². The van der Waals surface area contributed by atoms with Crippen molar-refractivity contribution < 1.29 is 19.8 Å². The molecule has 0 bridgehead atoms. The van der Waals surface area contributed by atoms with Gasteiger partial charge in [0.15, 0.2) is 0 Å². The predicted octanol–water partition coefficient (Wildman–Crippen LogP) is 0.374. The average molecular weight is 229 g/mol. The number of hydrogen-bond donors (Lipinski definition) is 3. The third kappa shape index (κ3) is 3.48. The summed E-state index contributed by atoms with van der Waals surface area (Å²) in [5.41, 5.74) is 0. The standard InChI is InChI=1S/C11H19NO4/c1-7(13)6-12-10(14)8-4-2-3-5-9(8)11(15)16/h7-9,13H,2-6H2,1H3,(H,12,14)(H,15,16)/t7-,8+,9-/m0/s1. The molecule has 16 heavy (non-hydrogen) atoms. The lowest BCUT2D eigenvalue weighted by Gasteiger charge is -2.27. The number of rotatable bonds is 4. The Kier molecular flexibility index (Phi) is 4.73. The average Bonchev–Trinajstić information content (AvgIpc) is 2.25. The molecule has 3 atom stereocenters. The minimum absolute atomic E-state index is 0.182. The van der Waals surface area contributed by atoms with Crippen molar-refractivity contribution in [1.82, 2.24) is 5.32 Å². The topological polar surface area (TPSA) is 86.6 Å². The van der Waals surface area contributed by atoms with Crippen molar-refractivity contribution in [2.45, 2.75) is 38.7 Å². The summed E-state index contributed by atoms with van der Waals surface area (Å²) in [5.74, 6) is -2.14. The molecule has 0 aromatic carbocycles. The summed E-state index contributed by atoms with van der Waals surface area (Å²) >= 11 is 0. The van der Waals surface area contributed by atoms with Crippen LogP contribution in [-0.4, -0.2) is 34.7 Å². The monoisotopic (exact) mass is 229 g/mol. The van der Waals surface area contributed by atoms with Crippen molar-refractivity contribution in [3.8, 4) is 0 Å². The number of carboxylic acid groups (broad SMARTS) is 1. The Morgan fingerprint density at radius 1 is 1.31 bits per heavy atom. The van der Waals surface area contributed by atoms with Gasteiger partial charge in [0, 0.05) is 6.54 Å². The third-order valence-corrected chi connectivity index (χ3v) is 2.99. The summed E-state index contributed by atoms with van der Waals surface area (Å²) in [6.45, 7) is 1.76. The van der Waals surface area contributed by atoms with Crippen molar-refractivity contribution in [3.63, 3.8) is 0 Å². The van der Waals surface area contributed by atoms with Gasteiger partial charge in [-0.3, -0.25) is 9.59 Å². The lowest BCUT2D eigenvalue weighted by molar-refractivity contribution is -0.149. The van der Waals surface area contributed by atoms with Gasteiger partial charge in [-0.1, -0.05) is 12.8 Å². The summed E-state index contributed by atoms with van der Waals surface area (Å²) in [6.07, 6.45) is 2.37. The number of aliphatic hydroxyl groups excluding tert-OH is 1. The normalized spacial score (nSPS) is 27.1. The van der Waals surface area contributed by atoms with Crippen molar-refractivity contribution in [2.75, 3.05) is 6.54 Å². The number of amides is 1. The van der Waals surface area contributed by atoms with Crippen LogP contribution in [0.2, 0.25) is 0 Å². The van der Waals surface area contributed by atoms with Gasteiger partial charge in [-0.15, -0.1) is 0 Å². The van der Waals surface area contributed by atoms with Crippen LogP contribution in [0.5, 0.6) is 0 Å². The van der Waals surface area contributed by atoms with Crippen molar-refractivity contribution >= 4 is 11.9 Å². The zero-order chi connectivity index (χ0) is 12.1. The van der Waals surface area contributed by atoms with Crippen LogP contribution in [0.4, 0.5) is 0 Å². The fraction of sp³-hybridized carbons (Fsp3) is 0.818. The van der Waals surface area contributed by atoms with Gasteiger partial charge in [0.05, 0.1) is 17.9 Å². The van der Waals surface area contributed by atoms with Gasteiger partial charge in [-0.2, -0.15) is 0 Å². The fourth-order valence-electron chi connectivity index (χ4n) is 2.12. The van der Waals surface area contributed by atoms with E-state index in [9.17, 15) is 9.59 Å². The van der Waals surface area contributed by atoms with Gasteiger partial charge in [0.2, 0.25) is 5.91 Å². The molecule has 5 heteroatoms. The number of nitrogens with one attached hydrogen (secondary N) is 1. The van der Waals surface area contributed by atoms with E-state index in [1.165, 1.54) is 0 Å². The van der Waals surface area contributed by atoms with E-state index in [1.54, 1.807) is 6.92 Å². The molecule has 0 unspecified atom stereocenters. The number of aliphatic hydroxyl groups is 1. The molecule has 0 radical (unpaired) electrons. The molecule has 0 aromatic rings. The summed E-state index contributed by atoms with van der Waals surface area (Å²) in [7, 11) is 0. The van der Waals surface area contributed by atoms with Gasteiger partial charge in [-0.05, 0) is 19.8 Å². The number of carbonyl (C=O) groups excluding carboxylic acids is 1. The Bertz CT molecular complexity index is 265. The fourth-order valence-corrected chi connectivity index (χ4v) is 2.12. The maximum absolute atomic E-state index is 11.7. The van der Waals surface area contributed by atoms with E-state index in [-0.39, 0.29) is 12.5 Å². The molecule has 5 nitrogen and oxygen atoms in total. The molecule has 92 valence electrons. The largest absolute Gasteiger partial charge is 0.481 e. The molecule has 1 aliphatic carbocycles. The summed E-state index contributed by atoms with van der Waals surface area (Å²) in [6, 6.07) is 0. The van der Waals surface area contributed by atoms with Crippen LogP contribution in [0.15, 0.2) is 0 Å². The molecule has 0 heterocycles. The second kappa shape index (κ2) is 5.84. The van der Waals surface area contributed by atoms with Gasteiger partial charge < -0.3 is 15.5 Å². The van der Waals surface area contributed by atoms with E-state index in [4.69, 9.17) is 10.2 Å². The summed E-state index contributed by atoms with van der Waals surface area (Å²) < 4.78 is 0. The zero-order valence-corrected chi connectivity index (χ0v) is 9.48. The molecule has 0 aliphatic heterocycles. The molecule has 1 aliphatic rings. The lowest BCUT2D eigenvalue weighted by Crippen LogP contribution is -2.41. The van der Waals surface area contributed by atoms with Crippen molar-refractivity contribution in [3.05, 3.63) is 0 Å². The maximum atomic E-state index is 11.7. The quantitative estimate of drug-likeness (QED) is 0.650. The van der Waals surface area contributed by atoms with Crippen LogP contribution < -0.4 is 5.32 Å². The molecule has 1 rings (SSSR count). The Hall–Kier alpha value is -1.10. The van der Waals surface area contributed by atoms with E-state index in [1.807, 2.05) is 0 Å². The maximum Gasteiger partial charge on any atom is 0.307 e. The van der Waals surface area contributed by atoms with Gasteiger partial charge in [0.25, 0.3) is 0 Å². The Morgan fingerprint density at radius 3 is 2.38 bits per heavy atom. The van der Waals surface area contributed by atoms with Crippen molar-refractivity contribution in [2.24, 2.45) is 11.8 Å². The molecule has 1 fully saturated rings. The molecule has 0 spiro atoms. The number of carboxylic acids is 1. The van der Waals surface area contributed by atoms with E-state index in [0.29, 0.717) is 12.8 Å². The second-order valence-corrected chi connectivity index (χ2v) is 4.43. The lowest BCUT2D eigenvalue weighted by atomic mass is 9.78. The number of hydrogen-bond acceptors (Lipinski definition) is 3. The third-order valence-electron chi connectivity index (χ3n) is 2.99. The van der Waals surface area contributed by atoms with E-state index in [0.717, 1.165) is 12.8 Å². The molecular formula is C11H19NO4. The first-order valence-corrected chi connectivity index (χ1v) is 5.71. The highest BCUT2D eigenvalue weighted by Gasteiger charge is 2.35. The molecule has 0 aromatic heterocycles. The Morgan fingerprint density at radius 2 is 1.88 bits per heavy atom. The smallest absolute Gasteiger partial charge is 0.307 e.